The van der Waals surface area contributed by atoms with Crippen LogP contribution in [0.4, 0.5) is 5.69 Å². The smallest absolute Gasteiger partial charge is 0.162 e. The number of methoxy groups -OCH3 is 3. The van der Waals surface area contributed by atoms with E-state index >= 15 is 0 Å². The number of hydrogen-bond acceptors (Lipinski definition) is 6. The predicted molar refractivity (Wildman–Crippen MR) is 105 cm³/mol. The van der Waals surface area contributed by atoms with Gasteiger partial charge in [-0.3, -0.25) is 4.98 Å². The Hall–Kier alpha value is -3.17. The lowest BCUT2D eigenvalue weighted by molar-refractivity contribution is 0.356. The minimum absolute atomic E-state index is 0.439. The third-order valence-corrected chi connectivity index (χ3v) is 4.47. The van der Waals surface area contributed by atoms with E-state index < -0.39 is 0 Å². The highest BCUT2D eigenvalue weighted by atomic mass is 35.5. The quantitative estimate of drug-likeness (QED) is 0.680. The molecule has 3 rings (SSSR count). The Morgan fingerprint density at radius 1 is 1.04 bits per heavy atom. The zero-order valence-corrected chi connectivity index (χ0v) is 15.9. The molecule has 138 valence electrons. The van der Waals surface area contributed by atoms with E-state index in [9.17, 15) is 5.26 Å². The van der Waals surface area contributed by atoms with Crippen LogP contribution in [0.15, 0.2) is 36.5 Å². The fourth-order valence-electron chi connectivity index (χ4n) is 2.80. The van der Waals surface area contributed by atoms with Crippen LogP contribution in [0.5, 0.6) is 17.2 Å². The summed E-state index contributed by atoms with van der Waals surface area (Å²) in [7, 11) is 4.71. The first kappa shape index (κ1) is 18.6. The lowest BCUT2D eigenvalue weighted by Gasteiger charge is -2.14. The molecule has 7 heteroatoms. The van der Waals surface area contributed by atoms with Gasteiger partial charge in [-0.2, -0.15) is 5.26 Å². The number of nitrogens with zero attached hydrogens (tertiary/aromatic N) is 2. The van der Waals surface area contributed by atoms with Crippen molar-refractivity contribution in [3.8, 4) is 23.3 Å². The summed E-state index contributed by atoms with van der Waals surface area (Å²) in [6, 6.07) is 11.3. The lowest BCUT2D eigenvalue weighted by atomic mass is 10.1. The summed E-state index contributed by atoms with van der Waals surface area (Å²) in [4.78, 5) is 4.35. The van der Waals surface area contributed by atoms with Gasteiger partial charge < -0.3 is 19.5 Å². The van der Waals surface area contributed by atoms with Crippen LogP contribution in [-0.2, 0) is 6.54 Å². The maximum absolute atomic E-state index is 9.49. The summed E-state index contributed by atoms with van der Waals surface area (Å²) in [5.74, 6) is 1.76. The second-order valence-corrected chi connectivity index (χ2v) is 6.11. The molecule has 0 saturated heterocycles. The summed E-state index contributed by atoms with van der Waals surface area (Å²) < 4.78 is 15.9. The molecule has 0 spiro atoms. The molecule has 0 aliphatic rings. The Morgan fingerprint density at radius 2 is 1.74 bits per heavy atom. The maximum atomic E-state index is 9.49. The molecule has 0 saturated carbocycles. The van der Waals surface area contributed by atoms with Gasteiger partial charge in [-0.25, -0.2) is 0 Å². The normalized spacial score (nSPS) is 10.3. The zero-order chi connectivity index (χ0) is 19.4. The van der Waals surface area contributed by atoms with E-state index in [1.807, 2.05) is 24.3 Å². The number of halogens is 1. The van der Waals surface area contributed by atoms with E-state index in [1.54, 1.807) is 27.4 Å². The molecule has 1 N–H and O–H groups in total. The number of nitriles is 1. The molecule has 1 aromatic heterocycles. The van der Waals surface area contributed by atoms with Crippen molar-refractivity contribution in [2.24, 2.45) is 0 Å². The van der Waals surface area contributed by atoms with E-state index in [2.05, 4.69) is 16.4 Å². The number of pyridine rings is 1. The van der Waals surface area contributed by atoms with Gasteiger partial charge in [-0.05, 0) is 23.8 Å². The van der Waals surface area contributed by atoms with Gasteiger partial charge in [0, 0.05) is 24.2 Å². The third-order valence-electron chi connectivity index (χ3n) is 4.18. The molecule has 1 heterocycles. The van der Waals surface area contributed by atoms with E-state index in [0.29, 0.717) is 45.6 Å². The molecule has 0 bridgehead atoms. The van der Waals surface area contributed by atoms with Gasteiger partial charge in [0.2, 0.25) is 0 Å². The summed E-state index contributed by atoms with van der Waals surface area (Å²) in [6.07, 6.45) is 1.54. The molecular weight excluding hydrogens is 366 g/mol. The van der Waals surface area contributed by atoms with Crippen LogP contribution in [0.1, 0.15) is 11.1 Å². The van der Waals surface area contributed by atoms with Gasteiger partial charge in [0.15, 0.2) is 11.5 Å². The van der Waals surface area contributed by atoms with Crippen molar-refractivity contribution in [2.75, 3.05) is 26.6 Å². The topological polar surface area (TPSA) is 76.4 Å². The van der Waals surface area contributed by atoms with Gasteiger partial charge in [0.05, 0.1) is 43.1 Å². The van der Waals surface area contributed by atoms with Crippen LogP contribution in [0.3, 0.4) is 0 Å². The zero-order valence-electron chi connectivity index (χ0n) is 15.2. The van der Waals surface area contributed by atoms with Crippen LogP contribution >= 0.6 is 11.6 Å². The van der Waals surface area contributed by atoms with E-state index in [1.165, 1.54) is 6.20 Å². The lowest BCUT2D eigenvalue weighted by Crippen LogP contribution is -2.04. The first-order chi connectivity index (χ1) is 13.1. The number of fused-ring (bicyclic) bond motifs is 1. The number of hydrogen-bond donors (Lipinski definition) is 1. The fraction of sp³-hybridized carbons (Fsp3) is 0.200. The summed E-state index contributed by atoms with van der Waals surface area (Å²) in [5.41, 5.74) is 2.77. The van der Waals surface area contributed by atoms with Crippen molar-refractivity contribution < 1.29 is 14.2 Å². The highest BCUT2D eigenvalue weighted by molar-refractivity contribution is 6.32. The van der Waals surface area contributed by atoms with Crippen molar-refractivity contribution in [1.29, 1.82) is 5.26 Å². The van der Waals surface area contributed by atoms with Crippen molar-refractivity contribution in [3.63, 3.8) is 0 Å². The largest absolute Gasteiger partial charge is 0.495 e. The van der Waals surface area contributed by atoms with Crippen molar-refractivity contribution in [3.05, 3.63) is 52.7 Å². The molecular formula is C20H18ClN3O3. The van der Waals surface area contributed by atoms with Gasteiger partial charge in [0.25, 0.3) is 0 Å². The predicted octanol–water partition coefficient (Wildman–Crippen LogP) is 4.40. The first-order valence-electron chi connectivity index (χ1n) is 8.12. The minimum Gasteiger partial charge on any atom is -0.495 e. The van der Waals surface area contributed by atoms with Gasteiger partial charge in [0.1, 0.15) is 11.8 Å². The summed E-state index contributed by atoms with van der Waals surface area (Å²) in [5, 5.41) is 14.1. The standard InChI is InChI=1S/C20H18ClN3O3/c1-25-17-5-4-12(6-15(17)21)10-24-20-13(9-22)11-23-16-8-19(27-3)18(26-2)7-14(16)20/h4-8,11H,10H2,1-3H3,(H,23,24). The van der Waals surface area contributed by atoms with Crippen LogP contribution in [0, 0.1) is 11.3 Å². The summed E-state index contributed by atoms with van der Waals surface area (Å²) >= 11 is 6.19. The number of rotatable bonds is 6. The van der Waals surface area contributed by atoms with Crippen LogP contribution in [0.2, 0.25) is 5.02 Å². The molecule has 0 aliphatic heterocycles. The Labute approximate surface area is 162 Å². The van der Waals surface area contributed by atoms with Crippen molar-refractivity contribution in [2.45, 2.75) is 6.54 Å². The van der Waals surface area contributed by atoms with Crippen LogP contribution in [0.25, 0.3) is 10.9 Å². The van der Waals surface area contributed by atoms with Gasteiger partial charge in [-0.1, -0.05) is 17.7 Å². The Bertz CT molecular complexity index is 1030. The molecule has 3 aromatic rings. The van der Waals surface area contributed by atoms with Gasteiger partial charge >= 0.3 is 0 Å². The average Bonchev–Trinajstić information content (AvgIpc) is 2.70. The number of ether oxygens (including phenoxy) is 3. The molecule has 0 atom stereocenters. The Morgan fingerprint density at radius 3 is 2.37 bits per heavy atom. The van der Waals surface area contributed by atoms with Crippen LogP contribution in [-0.4, -0.2) is 26.3 Å². The Balaban J connectivity index is 2.01. The molecule has 0 fully saturated rings. The molecule has 0 aliphatic carbocycles. The SMILES string of the molecule is COc1ccc(CNc2c(C#N)cnc3cc(OC)c(OC)cc23)cc1Cl. The Kier molecular flexibility index (Phi) is 5.53. The van der Waals surface area contributed by atoms with Crippen molar-refractivity contribution in [1.82, 2.24) is 4.98 Å². The highest BCUT2D eigenvalue weighted by Crippen LogP contribution is 2.36. The molecule has 2 aromatic carbocycles. The highest BCUT2D eigenvalue weighted by Gasteiger charge is 2.14. The molecule has 0 radical (unpaired) electrons. The molecule has 0 unspecified atom stereocenters. The second-order valence-electron chi connectivity index (χ2n) is 5.71. The fourth-order valence-corrected chi connectivity index (χ4v) is 3.08. The minimum atomic E-state index is 0.439. The third kappa shape index (κ3) is 3.69. The molecule has 6 nitrogen and oxygen atoms in total. The van der Waals surface area contributed by atoms with E-state index in [-0.39, 0.29) is 0 Å². The van der Waals surface area contributed by atoms with Crippen LogP contribution < -0.4 is 19.5 Å². The first-order valence-corrected chi connectivity index (χ1v) is 8.50. The maximum Gasteiger partial charge on any atom is 0.162 e. The monoisotopic (exact) mass is 383 g/mol. The number of anilines is 1. The van der Waals surface area contributed by atoms with Crippen molar-refractivity contribution >= 4 is 28.2 Å². The number of benzene rings is 2. The molecule has 27 heavy (non-hydrogen) atoms. The van der Waals surface area contributed by atoms with E-state index in [0.717, 1.165) is 10.9 Å². The second kappa shape index (κ2) is 8.02. The van der Waals surface area contributed by atoms with E-state index in [4.69, 9.17) is 25.8 Å². The summed E-state index contributed by atoms with van der Waals surface area (Å²) in [6.45, 7) is 0.478. The average molecular weight is 384 g/mol. The van der Waals surface area contributed by atoms with Gasteiger partial charge in [-0.15, -0.1) is 0 Å². The number of nitrogens with one attached hydrogen (secondary N) is 1. The molecule has 0 amide bonds. The number of aromatic nitrogens is 1.